The second-order valence-corrected chi connectivity index (χ2v) is 6.77. The Bertz CT molecular complexity index is 633. The van der Waals surface area contributed by atoms with E-state index in [-0.39, 0.29) is 0 Å². The molecule has 6 heteroatoms. The molecule has 2 aromatic rings. The first-order valence-corrected chi connectivity index (χ1v) is 9.40. The minimum absolute atomic E-state index is 0.748. The average Bonchev–Trinajstić information content (AvgIpc) is 3.05. The molecule has 0 atom stereocenters. The van der Waals surface area contributed by atoms with Gasteiger partial charge in [0.2, 0.25) is 0 Å². The zero-order valence-electron chi connectivity index (χ0n) is 14.8. The highest BCUT2D eigenvalue weighted by Gasteiger charge is 2.01. The molecule has 0 radical (unpaired) electrons. The van der Waals surface area contributed by atoms with Gasteiger partial charge in [-0.25, -0.2) is 4.98 Å². The highest BCUT2D eigenvalue weighted by molar-refractivity contribution is 7.11. The monoisotopic (exact) mass is 345 g/mol. The Balaban J connectivity index is 1.78. The number of guanidine groups is 1. The van der Waals surface area contributed by atoms with Gasteiger partial charge in [-0.05, 0) is 38.3 Å². The Morgan fingerprint density at radius 1 is 1.12 bits per heavy atom. The van der Waals surface area contributed by atoms with E-state index in [2.05, 4.69) is 45.5 Å². The Morgan fingerprint density at radius 2 is 2.00 bits per heavy atom. The van der Waals surface area contributed by atoms with Crippen molar-refractivity contribution < 1.29 is 0 Å². The van der Waals surface area contributed by atoms with Gasteiger partial charge in [0.15, 0.2) is 5.96 Å². The molecule has 0 spiro atoms. The SMILES string of the molecule is CCNC(=NCCc1ncc(CC)s1)NCCc1ccc(C)nc1. The summed E-state index contributed by atoms with van der Waals surface area (Å²) < 4.78 is 0. The van der Waals surface area contributed by atoms with E-state index < -0.39 is 0 Å². The van der Waals surface area contributed by atoms with Gasteiger partial charge in [0.05, 0.1) is 5.01 Å². The van der Waals surface area contributed by atoms with Crippen molar-refractivity contribution in [2.75, 3.05) is 19.6 Å². The van der Waals surface area contributed by atoms with Gasteiger partial charge < -0.3 is 10.6 Å². The molecule has 0 bridgehead atoms. The lowest BCUT2D eigenvalue weighted by Crippen LogP contribution is -2.38. The van der Waals surface area contributed by atoms with Crippen LogP contribution < -0.4 is 10.6 Å². The van der Waals surface area contributed by atoms with E-state index in [1.54, 1.807) is 11.3 Å². The molecule has 0 saturated heterocycles. The highest BCUT2D eigenvalue weighted by Crippen LogP contribution is 2.13. The van der Waals surface area contributed by atoms with Crippen LogP contribution in [0, 0.1) is 6.92 Å². The van der Waals surface area contributed by atoms with E-state index in [1.807, 2.05) is 25.4 Å². The molecule has 0 amide bonds. The third-order valence-electron chi connectivity index (χ3n) is 3.57. The molecule has 0 aliphatic heterocycles. The van der Waals surface area contributed by atoms with Crippen molar-refractivity contribution >= 4 is 17.3 Å². The Hall–Kier alpha value is -1.95. The largest absolute Gasteiger partial charge is 0.357 e. The average molecular weight is 346 g/mol. The summed E-state index contributed by atoms with van der Waals surface area (Å²) in [6.07, 6.45) is 6.80. The van der Waals surface area contributed by atoms with Gasteiger partial charge in [-0.2, -0.15) is 0 Å². The maximum Gasteiger partial charge on any atom is 0.191 e. The number of nitrogens with zero attached hydrogens (tertiary/aromatic N) is 3. The number of nitrogens with one attached hydrogen (secondary N) is 2. The molecule has 2 aromatic heterocycles. The van der Waals surface area contributed by atoms with Gasteiger partial charge in [-0.3, -0.25) is 9.98 Å². The van der Waals surface area contributed by atoms with E-state index in [4.69, 9.17) is 0 Å². The normalized spacial score (nSPS) is 11.5. The molecule has 0 saturated carbocycles. The van der Waals surface area contributed by atoms with Crippen LogP contribution in [0.4, 0.5) is 0 Å². The van der Waals surface area contributed by atoms with Crippen molar-refractivity contribution in [1.29, 1.82) is 0 Å². The predicted molar refractivity (Wildman–Crippen MR) is 102 cm³/mol. The van der Waals surface area contributed by atoms with Crippen molar-refractivity contribution in [2.24, 2.45) is 4.99 Å². The lowest BCUT2D eigenvalue weighted by molar-refractivity contribution is 0.794. The predicted octanol–water partition coefficient (Wildman–Crippen LogP) is 2.75. The molecule has 0 fully saturated rings. The molecule has 130 valence electrons. The zero-order valence-corrected chi connectivity index (χ0v) is 15.6. The number of thiazole rings is 1. The first kappa shape index (κ1) is 18.4. The van der Waals surface area contributed by atoms with Gasteiger partial charge in [0, 0.05) is 49.0 Å². The molecule has 0 unspecified atom stereocenters. The fourth-order valence-electron chi connectivity index (χ4n) is 2.20. The molecule has 0 aromatic carbocycles. The van der Waals surface area contributed by atoms with Crippen molar-refractivity contribution in [1.82, 2.24) is 20.6 Å². The number of rotatable bonds is 8. The summed E-state index contributed by atoms with van der Waals surface area (Å²) in [6, 6.07) is 4.18. The maximum absolute atomic E-state index is 4.63. The van der Waals surface area contributed by atoms with Gasteiger partial charge in [0.25, 0.3) is 0 Å². The highest BCUT2D eigenvalue weighted by atomic mass is 32.1. The first-order valence-electron chi connectivity index (χ1n) is 8.58. The van der Waals surface area contributed by atoms with E-state index in [0.717, 1.165) is 55.6 Å². The lowest BCUT2D eigenvalue weighted by atomic mass is 10.2. The zero-order chi connectivity index (χ0) is 17.2. The van der Waals surface area contributed by atoms with Gasteiger partial charge in [-0.1, -0.05) is 13.0 Å². The molecule has 2 heterocycles. The molecular formula is C18H27N5S. The van der Waals surface area contributed by atoms with Crippen molar-refractivity contribution in [3.63, 3.8) is 0 Å². The summed E-state index contributed by atoms with van der Waals surface area (Å²) in [5, 5.41) is 7.83. The fraction of sp³-hybridized carbons (Fsp3) is 0.500. The summed E-state index contributed by atoms with van der Waals surface area (Å²) in [5.41, 5.74) is 2.29. The number of aryl methyl sites for hydroxylation is 2. The van der Waals surface area contributed by atoms with E-state index in [1.165, 1.54) is 10.4 Å². The number of hydrogen-bond acceptors (Lipinski definition) is 4. The Morgan fingerprint density at radius 3 is 2.67 bits per heavy atom. The minimum atomic E-state index is 0.748. The van der Waals surface area contributed by atoms with Crippen LogP contribution in [-0.2, 0) is 19.3 Å². The number of aromatic nitrogens is 2. The molecule has 2 N–H and O–H groups in total. The molecule has 2 rings (SSSR count). The second-order valence-electron chi connectivity index (χ2n) is 5.57. The van der Waals surface area contributed by atoms with Crippen LogP contribution in [0.5, 0.6) is 0 Å². The fourth-order valence-corrected chi connectivity index (χ4v) is 3.05. The van der Waals surface area contributed by atoms with Crippen LogP contribution in [0.15, 0.2) is 29.5 Å². The number of pyridine rings is 1. The quantitative estimate of drug-likeness (QED) is 0.570. The van der Waals surface area contributed by atoms with Crippen molar-refractivity contribution in [3.05, 3.63) is 45.7 Å². The van der Waals surface area contributed by atoms with Crippen LogP contribution in [0.2, 0.25) is 0 Å². The number of aliphatic imine (C=N–C) groups is 1. The first-order chi connectivity index (χ1) is 11.7. The molecular weight excluding hydrogens is 318 g/mol. The van der Waals surface area contributed by atoms with Crippen LogP contribution in [0.25, 0.3) is 0 Å². The van der Waals surface area contributed by atoms with E-state index in [0.29, 0.717) is 0 Å². The van der Waals surface area contributed by atoms with E-state index in [9.17, 15) is 0 Å². The summed E-state index contributed by atoms with van der Waals surface area (Å²) in [7, 11) is 0. The lowest BCUT2D eigenvalue weighted by Gasteiger charge is -2.11. The minimum Gasteiger partial charge on any atom is -0.357 e. The third kappa shape index (κ3) is 6.28. The summed E-state index contributed by atoms with van der Waals surface area (Å²) in [6.45, 7) is 8.69. The van der Waals surface area contributed by atoms with Crippen molar-refractivity contribution in [2.45, 2.75) is 40.0 Å². The topological polar surface area (TPSA) is 62.2 Å². The van der Waals surface area contributed by atoms with E-state index >= 15 is 0 Å². The second kappa shape index (κ2) is 10.0. The number of hydrogen-bond donors (Lipinski definition) is 2. The molecule has 0 aliphatic carbocycles. The summed E-state index contributed by atoms with van der Waals surface area (Å²) >= 11 is 1.79. The van der Waals surface area contributed by atoms with Gasteiger partial charge >= 0.3 is 0 Å². The Labute approximate surface area is 148 Å². The summed E-state index contributed by atoms with van der Waals surface area (Å²) in [4.78, 5) is 14.7. The Kier molecular flexibility index (Phi) is 7.68. The summed E-state index contributed by atoms with van der Waals surface area (Å²) in [5.74, 6) is 0.866. The van der Waals surface area contributed by atoms with Gasteiger partial charge in [0.1, 0.15) is 0 Å². The maximum atomic E-state index is 4.63. The molecule has 5 nitrogen and oxygen atoms in total. The van der Waals surface area contributed by atoms with Crippen molar-refractivity contribution in [3.8, 4) is 0 Å². The third-order valence-corrected chi connectivity index (χ3v) is 4.77. The smallest absolute Gasteiger partial charge is 0.191 e. The van der Waals surface area contributed by atoms with Crippen LogP contribution in [-0.4, -0.2) is 35.6 Å². The van der Waals surface area contributed by atoms with Crippen LogP contribution in [0.1, 0.15) is 35.0 Å². The molecule has 0 aliphatic rings. The molecule has 24 heavy (non-hydrogen) atoms. The standard InChI is InChI=1S/C18H27N5S/c1-4-16-13-23-17(24-16)9-11-21-18(19-5-2)20-10-8-15-7-6-14(3)22-12-15/h6-7,12-13H,4-5,8-11H2,1-3H3,(H2,19,20,21). The van der Waals surface area contributed by atoms with Crippen LogP contribution >= 0.6 is 11.3 Å². The van der Waals surface area contributed by atoms with Gasteiger partial charge in [-0.15, -0.1) is 11.3 Å². The van der Waals surface area contributed by atoms with Crippen LogP contribution in [0.3, 0.4) is 0 Å².